The number of anilines is 1. The molecule has 0 bridgehead atoms. The molecular weight excluding hydrogens is 563 g/mol. The normalized spacial score (nSPS) is 22.0. The van der Waals surface area contributed by atoms with E-state index < -0.39 is 54.5 Å². The van der Waals surface area contributed by atoms with Crippen molar-refractivity contribution >= 4 is 40.7 Å². The van der Waals surface area contributed by atoms with Gasteiger partial charge in [0.05, 0.1) is 16.8 Å². The Bertz CT molecular complexity index is 921. The molecule has 2 N–H and O–H groups in total. The number of ether oxygens (including phenoxy) is 4. The van der Waals surface area contributed by atoms with E-state index in [2.05, 4.69) is 10.3 Å². The number of halogens is 3. The van der Waals surface area contributed by atoms with Crippen molar-refractivity contribution in [1.29, 1.82) is 0 Å². The number of carbonyl (C=O) groups is 2. The number of alkyl halides is 2. The predicted molar refractivity (Wildman–Crippen MR) is 118 cm³/mol. The van der Waals surface area contributed by atoms with Crippen molar-refractivity contribution < 1.29 is 42.4 Å². The zero-order valence-electron chi connectivity index (χ0n) is 18.5. The number of unbranched alkanes of at least 4 members (excludes halogenated alkanes) is 1. The molecule has 0 aromatic carbocycles. The molecule has 2 heterocycles. The highest BCUT2D eigenvalue weighted by Crippen LogP contribution is 2.44. The molecule has 1 fully saturated rings. The SMILES string of the molecule is CCCCOC(=O)Nc1nc(=O)n(C2O[C@H](CO)C(OC(=O)OC(C)(C)C)C2(F)F)cc1I. The van der Waals surface area contributed by atoms with Gasteiger partial charge in [0.25, 0.3) is 0 Å². The van der Waals surface area contributed by atoms with Gasteiger partial charge in [0.1, 0.15) is 11.7 Å². The second-order valence-electron chi connectivity index (χ2n) is 8.13. The summed E-state index contributed by atoms with van der Waals surface area (Å²) in [6.07, 6.45) is -5.86. The Labute approximate surface area is 201 Å². The first-order valence-electron chi connectivity index (χ1n) is 10.1. The largest absolute Gasteiger partial charge is 0.509 e. The van der Waals surface area contributed by atoms with E-state index in [1.165, 1.54) is 20.8 Å². The fourth-order valence-electron chi connectivity index (χ4n) is 2.78. The summed E-state index contributed by atoms with van der Waals surface area (Å²) in [5.41, 5.74) is -2.17. The summed E-state index contributed by atoms with van der Waals surface area (Å²) in [5.74, 6) is -4.10. The monoisotopic (exact) mass is 589 g/mol. The molecule has 33 heavy (non-hydrogen) atoms. The van der Waals surface area contributed by atoms with Crippen LogP contribution in [0.2, 0.25) is 0 Å². The number of hydrogen-bond donors (Lipinski definition) is 2. The average Bonchev–Trinajstić information content (AvgIpc) is 2.93. The van der Waals surface area contributed by atoms with Gasteiger partial charge < -0.3 is 24.1 Å². The maximum atomic E-state index is 15.1. The number of amides is 1. The van der Waals surface area contributed by atoms with Gasteiger partial charge in [-0.3, -0.25) is 9.88 Å². The highest BCUT2D eigenvalue weighted by Gasteiger charge is 2.62. The molecule has 186 valence electrons. The number of hydrogen-bond acceptors (Lipinski definition) is 9. The zero-order valence-corrected chi connectivity index (χ0v) is 20.6. The van der Waals surface area contributed by atoms with Gasteiger partial charge in [0, 0.05) is 6.20 Å². The molecule has 1 aliphatic heterocycles. The van der Waals surface area contributed by atoms with Gasteiger partial charge in [0.2, 0.25) is 12.3 Å². The standard InChI is InChI=1S/C19H26F2IN3O8/c1-5-6-7-30-16(28)24-13-10(22)8-25(15(27)23-13)14-19(20,21)12(11(9-26)31-14)32-17(29)33-18(2,3)4/h8,11-12,14,26H,5-7,9H2,1-4H3,(H,23,24,27,28)/t11-,12?,14?/m1/s1. The Hall–Kier alpha value is -2.07. The number of aromatic nitrogens is 2. The Morgan fingerprint density at radius 2 is 2.06 bits per heavy atom. The third kappa shape index (κ3) is 6.96. The first-order chi connectivity index (χ1) is 15.3. The minimum atomic E-state index is -3.92. The number of aliphatic hydroxyl groups excluding tert-OH is 1. The molecule has 1 amide bonds. The molecule has 3 atom stereocenters. The van der Waals surface area contributed by atoms with E-state index in [-0.39, 0.29) is 16.0 Å². The number of rotatable bonds is 7. The van der Waals surface area contributed by atoms with Crippen LogP contribution in [0.4, 0.5) is 24.2 Å². The fraction of sp³-hybridized carbons (Fsp3) is 0.684. The molecule has 1 aliphatic rings. The zero-order chi connectivity index (χ0) is 25.0. The summed E-state index contributed by atoms with van der Waals surface area (Å²) >= 11 is 1.69. The lowest BCUT2D eigenvalue weighted by Crippen LogP contribution is -2.45. The lowest BCUT2D eigenvalue weighted by atomic mass is 10.1. The van der Waals surface area contributed by atoms with Crippen LogP contribution in [0.25, 0.3) is 0 Å². The minimum absolute atomic E-state index is 0.135. The first-order valence-corrected chi connectivity index (χ1v) is 11.1. The Morgan fingerprint density at radius 3 is 2.64 bits per heavy atom. The molecule has 2 unspecified atom stereocenters. The highest BCUT2D eigenvalue weighted by molar-refractivity contribution is 14.1. The van der Waals surface area contributed by atoms with Crippen molar-refractivity contribution in [2.45, 2.75) is 70.5 Å². The van der Waals surface area contributed by atoms with Crippen molar-refractivity contribution in [2.75, 3.05) is 18.5 Å². The Kier molecular flexibility index (Phi) is 8.98. The summed E-state index contributed by atoms with van der Waals surface area (Å²) in [6, 6.07) is 0. The van der Waals surface area contributed by atoms with Crippen LogP contribution in [-0.2, 0) is 18.9 Å². The van der Waals surface area contributed by atoms with Gasteiger partial charge in [0.15, 0.2) is 5.82 Å². The third-order valence-electron chi connectivity index (χ3n) is 4.25. The number of nitrogens with one attached hydrogen (secondary N) is 1. The fourth-order valence-corrected chi connectivity index (χ4v) is 3.34. The smallest absolute Gasteiger partial charge is 0.449 e. The summed E-state index contributed by atoms with van der Waals surface area (Å²) < 4.78 is 50.6. The summed E-state index contributed by atoms with van der Waals surface area (Å²) in [6.45, 7) is 5.73. The van der Waals surface area contributed by atoms with Gasteiger partial charge in [-0.1, -0.05) is 13.3 Å². The van der Waals surface area contributed by atoms with Gasteiger partial charge in [-0.05, 0) is 49.8 Å². The maximum Gasteiger partial charge on any atom is 0.509 e. The van der Waals surface area contributed by atoms with Crippen LogP contribution >= 0.6 is 22.6 Å². The van der Waals surface area contributed by atoms with Crippen LogP contribution in [-0.4, -0.2) is 63.9 Å². The molecule has 0 radical (unpaired) electrons. The van der Waals surface area contributed by atoms with Gasteiger partial charge in [-0.15, -0.1) is 0 Å². The predicted octanol–water partition coefficient (Wildman–Crippen LogP) is 3.04. The van der Waals surface area contributed by atoms with E-state index >= 15 is 8.78 Å². The van der Waals surface area contributed by atoms with Crippen LogP contribution in [0.3, 0.4) is 0 Å². The summed E-state index contributed by atoms with van der Waals surface area (Å²) in [5, 5.41) is 11.8. The van der Waals surface area contributed by atoms with Crippen molar-refractivity contribution in [3.63, 3.8) is 0 Å². The van der Waals surface area contributed by atoms with Crippen LogP contribution in [0, 0.1) is 3.57 Å². The van der Waals surface area contributed by atoms with E-state index in [1.54, 1.807) is 22.6 Å². The lowest BCUT2D eigenvalue weighted by molar-refractivity contribution is -0.149. The van der Waals surface area contributed by atoms with Crippen molar-refractivity contribution in [3.05, 3.63) is 20.3 Å². The molecule has 1 saturated heterocycles. The van der Waals surface area contributed by atoms with Crippen LogP contribution in [0.5, 0.6) is 0 Å². The van der Waals surface area contributed by atoms with Crippen molar-refractivity contribution in [2.24, 2.45) is 0 Å². The van der Waals surface area contributed by atoms with Crippen LogP contribution in [0.1, 0.15) is 46.8 Å². The molecule has 0 spiro atoms. The third-order valence-corrected chi connectivity index (χ3v) is 5.04. The van der Waals surface area contributed by atoms with E-state index in [0.717, 1.165) is 12.6 Å². The first kappa shape index (κ1) is 27.2. The summed E-state index contributed by atoms with van der Waals surface area (Å²) in [7, 11) is 0. The average molecular weight is 589 g/mol. The second kappa shape index (κ2) is 10.9. The Morgan fingerprint density at radius 1 is 1.39 bits per heavy atom. The van der Waals surface area contributed by atoms with Crippen molar-refractivity contribution in [3.8, 4) is 0 Å². The van der Waals surface area contributed by atoms with E-state index in [1.807, 2.05) is 6.92 Å². The Balaban J connectivity index is 2.25. The maximum absolute atomic E-state index is 15.1. The quantitative estimate of drug-likeness (QED) is 0.279. The molecule has 0 saturated carbocycles. The molecule has 11 nitrogen and oxygen atoms in total. The summed E-state index contributed by atoms with van der Waals surface area (Å²) in [4.78, 5) is 39.8. The minimum Gasteiger partial charge on any atom is -0.449 e. The van der Waals surface area contributed by atoms with Crippen molar-refractivity contribution in [1.82, 2.24) is 9.55 Å². The number of aliphatic hydroxyl groups is 1. The van der Waals surface area contributed by atoms with Gasteiger partial charge in [-0.25, -0.2) is 14.4 Å². The highest BCUT2D eigenvalue weighted by atomic mass is 127. The number of carbonyl (C=O) groups excluding carboxylic acids is 2. The molecule has 1 aromatic heterocycles. The van der Waals surface area contributed by atoms with Crippen LogP contribution in [0.15, 0.2) is 11.0 Å². The van der Waals surface area contributed by atoms with Crippen LogP contribution < -0.4 is 11.0 Å². The van der Waals surface area contributed by atoms with E-state index in [4.69, 9.17) is 18.9 Å². The van der Waals surface area contributed by atoms with E-state index in [9.17, 15) is 19.5 Å². The lowest BCUT2D eigenvalue weighted by Gasteiger charge is -2.26. The number of nitrogens with zero attached hydrogens (tertiary/aromatic N) is 2. The van der Waals surface area contributed by atoms with E-state index in [0.29, 0.717) is 11.0 Å². The van der Waals surface area contributed by atoms with Gasteiger partial charge >= 0.3 is 23.9 Å². The molecule has 2 rings (SSSR count). The van der Waals surface area contributed by atoms with Gasteiger partial charge in [-0.2, -0.15) is 13.8 Å². The molecule has 1 aromatic rings. The molecule has 0 aliphatic carbocycles. The molecule has 14 heteroatoms. The topological polar surface area (TPSA) is 138 Å². The molecular formula is C19H26F2IN3O8. The second-order valence-corrected chi connectivity index (χ2v) is 9.29.